The van der Waals surface area contributed by atoms with Crippen molar-refractivity contribution in [1.82, 2.24) is 10.2 Å². The number of hydrogen-bond donors (Lipinski definition) is 1. The summed E-state index contributed by atoms with van der Waals surface area (Å²) >= 11 is 3.43. The van der Waals surface area contributed by atoms with Gasteiger partial charge in [-0.15, -0.1) is 0 Å². The molecule has 30 heavy (non-hydrogen) atoms. The summed E-state index contributed by atoms with van der Waals surface area (Å²) in [6.07, 6.45) is 2.11. The van der Waals surface area contributed by atoms with E-state index in [-0.39, 0.29) is 11.8 Å². The third-order valence-electron chi connectivity index (χ3n) is 5.37. The van der Waals surface area contributed by atoms with Crippen LogP contribution in [0.5, 0.6) is 11.5 Å². The second-order valence-corrected chi connectivity index (χ2v) is 8.33. The van der Waals surface area contributed by atoms with Gasteiger partial charge in [0.1, 0.15) is 0 Å². The molecule has 0 aromatic heterocycles. The number of carbonyl (C=O) groups excluding carboxylic acids is 2. The number of carbonyl (C=O) groups is 2. The summed E-state index contributed by atoms with van der Waals surface area (Å²) in [5, 5.41) is 3.04. The molecule has 1 saturated heterocycles. The average Bonchev–Trinajstić information content (AvgIpc) is 2.77. The van der Waals surface area contributed by atoms with Gasteiger partial charge in [-0.1, -0.05) is 28.1 Å². The van der Waals surface area contributed by atoms with E-state index in [0.717, 1.165) is 22.9 Å². The van der Waals surface area contributed by atoms with Gasteiger partial charge >= 0.3 is 0 Å². The molecule has 2 amide bonds. The Labute approximate surface area is 185 Å². The average molecular weight is 475 g/mol. The van der Waals surface area contributed by atoms with E-state index < -0.39 is 0 Å². The highest BCUT2D eigenvalue weighted by Crippen LogP contribution is 2.28. The number of amides is 2. The minimum atomic E-state index is -0.00640. The van der Waals surface area contributed by atoms with Gasteiger partial charge in [-0.25, -0.2) is 0 Å². The number of likely N-dealkylation sites (tertiary alicyclic amines) is 1. The van der Waals surface area contributed by atoms with E-state index in [0.29, 0.717) is 49.0 Å². The van der Waals surface area contributed by atoms with Crippen molar-refractivity contribution in [2.24, 2.45) is 5.92 Å². The number of nitrogens with zero attached hydrogens (tertiary/aromatic N) is 1. The van der Waals surface area contributed by atoms with Crippen molar-refractivity contribution in [2.75, 3.05) is 33.9 Å². The number of ether oxygens (including phenoxy) is 2. The van der Waals surface area contributed by atoms with Gasteiger partial charge in [-0.2, -0.15) is 0 Å². The third-order valence-corrected chi connectivity index (χ3v) is 5.87. The van der Waals surface area contributed by atoms with Crippen LogP contribution in [0.4, 0.5) is 0 Å². The Balaban J connectivity index is 1.46. The fourth-order valence-electron chi connectivity index (χ4n) is 3.65. The lowest BCUT2D eigenvalue weighted by atomic mass is 9.96. The van der Waals surface area contributed by atoms with Crippen molar-refractivity contribution in [3.8, 4) is 11.5 Å². The molecular formula is C23H27BrN2O4. The molecule has 1 heterocycles. The van der Waals surface area contributed by atoms with Gasteiger partial charge in [0.25, 0.3) is 5.91 Å². The predicted molar refractivity (Wildman–Crippen MR) is 119 cm³/mol. The molecule has 0 bridgehead atoms. The Hall–Kier alpha value is -2.54. The second-order valence-electron chi connectivity index (χ2n) is 7.42. The Bertz CT molecular complexity index is 895. The molecule has 1 N–H and O–H groups in total. The molecule has 6 nitrogen and oxygen atoms in total. The first kappa shape index (κ1) is 22.2. The van der Waals surface area contributed by atoms with Crippen LogP contribution in [0.25, 0.3) is 0 Å². The van der Waals surface area contributed by atoms with Crippen molar-refractivity contribution in [1.29, 1.82) is 0 Å². The van der Waals surface area contributed by atoms with Gasteiger partial charge in [-0.05, 0) is 54.7 Å². The maximum Gasteiger partial charge on any atom is 0.253 e. The maximum absolute atomic E-state index is 12.8. The number of methoxy groups -OCH3 is 2. The van der Waals surface area contributed by atoms with Gasteiger partial charge in [0.15, 0.2) is 11.5 Å². The second kappa shape index (κ2) is 10.5. The highest BCUT2D eigenvalue weighted by molar-refractivity contribution is 9.10. The molecule has 0 radical (unpaired) electrons. The number of rotatable bonds is 7. The lowest BCUT2D eigenvalue weighted by molar-refractivity contribution is -0.120. The molecule has 0 unspecified atom stereocenters. The molecule has 2 aromatic rings. The molecule has 0 aliphatic carbocycles. The molecule has 1 fully saturated rings. The van der Waals surface area contributed by atoms with Gasteiger partial charge in [0.05, 0.1) is 20.6 Å². The summed E-state index contributed by atoms with van der Waals surface area (Å²) in [4.78, 5) is 26.9. The number of halogens is 1. The summed E-state index contributed by atoms with van der Waals surface area (Å²) in [5.74, 6) is 1.55. The van der Waals surface area contributed by atoms with Crippen molar-refractivity contribution in [3.05, 3.63) is 58.1 Å². The molecule has 3 rings (SSSR count). The minimum absolute atomic E-state index is 0.00640. The molecule has 7 heteroatoms. The Morgan fingerprint density at radius 3 is 2.47 bits per heavy atom. The van der Waals surface area contributed by atoms with E-state index in [1.54, 1.807) is 32.4 Å². The molecular weight excluding hydrogens is 448 g/mol. The largest absolute Gasteiger partial charge is 0.493 e. The topological polar surface area (TPSA) is 67.9 Å². The van der Waals surface area contributed by atoms with Crippen LogP contribution in [0.3, 0.4) is 0 Å². The van der Waals surface area contributed by atoms with Crippen LogP contribution < -0.4 is 14.8 Å². The molecule has 0 atom stereocenters. The first-order chi connectivity index (χ1) is 14.5. The normalized spacial score (nSPS) is 14.3. The maximum atomic E-state index is 12.8. The fourth-order valence-corrected chi connectivity index (χ4v) is 4.09. The van der Waals surface area contributed by atoms with Crippen LogP contribution in [-0.2, 0) is 11.2 Å². The zero-order valence-corrected chi connectivity index (χ0v) is 18.9. The monoisotopic (exact) mass is 474 g/mol. The number of hydrogen-bond acceptors (Lipinski definition) is 4. The number of nitrogens with one attached hydrogen (secondary N) is 1. The lowest BCUT2D eigenvalue weighted by Crippen LogP contribution is -2.41. The summed E-state index contributed by atoms with van der Waals surface area (Å²) in [5.41, 5.74) is 1.57. The SMILES string of the molecule is COc1ccc(C(=O)N2CCC(CNC(=O)Cc3cccc(Br)c3)CC2)cc1OC. The van der Waals surface area contributed by atoms with Crippen LogP contribution in [0.2, 0.25) is 0 Å². The molecule has 1 aliphatic rings. The summed E-state index contributed by atoms with van der Waals surface area (Å²) in [7, 11) is 3.13. The van der Waals surface area contributed by atoms with E-state index >= 15 is 0 Å². The predicted octanol–water partition coefficient (Wildman–Crippen LogP) is 3.68. The number of piperidine rings is 1. The van der Waals surface area contributed by atoms with Crippen LogP contribution in [-0.4, -0.2) is 50.6 Å². The van der Waals surface area contributed by atoms with Crippen LogP contribution in [0, 0.1) is 5.92 Å². The molecule has 2 aromatic carbocycles. The lowest BCUT2D eigenvalue weighted by Gasteiger charge is -2.32. The highest BCUT2D eigenvalue weighted by Gasteiger charge is 2.24. The van der Waals surface area contributed by atoms with E-state index in [4.69, 9.17) is 9.47 Å². The van der Waals surface area contributed by atoms with Crippen molar-refractivity contribution in [2.45, 2.75) is 19.3 Å². The zero-order valence-electron chi connectivity index (χ0n) is 17.3. The summed E-state index contributed by atoms with van der Waals surface area (Å²) in [6, 6.07) is 13.0. The smallest absolute Gasteiger partial charge is 0.253 e. The van der Waals surface area contributed by atoms with Crippen molar-refractivity contribution in [3.63, 3.8) is 0 Å². The minimum Gasteiger partial charge on any atom is -0.493 e. The van der Waals surface area contributed by atoms with Crippen LogP contribution in [0.15, 0.2) is 46.9 Å². The standard InChI is InChI=1S/C23H27BrN2O4/c1-29-20-7-6-18(14-21(20)30-2)23(28)26-10-8-16(9-11-26)15-25-22(27)13-17-4-3-5-19(24)12-17/h3-7,12,14,16H,8-11,13,15H2,1-2H3,(H,25,27). The molecule has 0 spiro atoms. The van der Waals surface area contributed by atoms with Gasteiger partial charge in [0.2, 0.25) is 5.91 Å². The molecule has 1 aliphatic heterocycles. The molecule has 160 valence electrons. The van der Waals surface area contributed by atoms with E-state index in [9.17, 15) is 9.59 Å². The van der Waals surface area contributed by atoms with Crippen LogP contribution >= 0.6 is 15.9 Å². The van der Waals surface area contributed by atoms with Gasteiger partial charge in [-0.3, -0.25) is 9.59 Å². The van der Waals surface area contributed by atoms with Gasteiger partial charge in [0, 0.05) is 29.7 Å². The van der Waals surface area contributed by atoms with Crippen molar-refractivity contribution < 1.29 is 19.1 Å². The summed E-state index contributed by atoms with van der Waals surface area (Å²) < 4.78 is 11.5. The van der Waals surface area contributed by atoms with E-state index in [2.05, 4.69) is 21.2 Å². The zero-order chi connectivity index (χ0) is 21.5. The van der Waals surface area contributed by atoms with Crippen LogP contribution in [0.1, 0.15) is 28.8 Å². The third kappa shape index (κ3) is 5.75. The Kier molecular flexibility index (Phi) is 7.74. The Morgan fingerprint density at radius 2 is 1.80 bits per heavy atom. The summed E-state index contributed by atoms with van der Waals surface area (Å²) in [6.45, 7) is 2.00. The fraction of sp³-hybridized carbons (Fsp3) is 0.391. The highest BCUT2D eigenvalue weighted by atomic mass is 79.9. The molecule has 0 saturated carbocycles. The number of benzene rings is 2. The van der Waals surface area contributed by atoms with E-state index in [1.165, 1.54) is 0 Å². The first-order valence-electron chi connectivity index (χ1n) is 10.0. The van der Waals surface area contributed by atoms with Gasteiger partial charge < -0.3 is 19.7 Å². The first-order valence-corrected chi connectivity index (χ1v) is 10.8. The Morgan fingerprint density at radius 1 is 1.07 bits per heavy atom. The van der Waals surface area contributed by atoms with Crippen molar-refractivity contribution >= 4 is 27.7 Å². The quantitative estimate of drug-likeness (QED) is 0.664. The van der Waals surface area contributed by atoms with E-state index in [1.807, 2.05) is 29.2 Å².